The van der Waals surface area contributed by atoms with Crippen molar-refractivity contribution in [2.45, 2.75) is 6.92 Å². The number of carbonyl (C=O) groups excluding carboxylic acids is 1. The summed E-state index contributed by atoms with van der Waals surface area (Å²) in [6.45, 7) is 6.14. The van der Waals surface area contributed by atoms with Gasteiger partial charge < -0.3 is 9.47 Å². The Morgan fingerprint density at radius 1 is 1.19 bits per heavy atom. The zero-order valence-electron chi connectivity index (χ0n) is 14.3. The van der Waals surface area contributed by atoms with Crippen LogP contribution >= 0.6 is 47.8 Å². The zero-order valence-corrected chi connectivity index (χ0v) is 19.0. The molecule has 0 bridgehead atoms. The zero-order chi connectivity index (χ0) is 19.6. The molecule has 2 aromatic rings. The highest BCUT2D eigenvalue weighted by Crippen LogP contribution is 2.36. The molecule has 4 nitrogen and oxygen atoms in total. The molecule has 0 saturated carbocycles. The van der Waals surface area contributed by atoms with Crippen molar-refractivity contribution in [3.63, 3.8) is 0 Å². The summed E-state index contributed by atoms with van der Waals surface area (Å²) in [7, 11) is 0. The minimum absolute atomic E-state index is 0.232. The molecule has 1 heterocycles. The van der Waals surface area contributed by atoms with Gasteiger partial charge in [-0.2, -0.15) is 0 Å². The molecule has 2 aromatic carbocycles. The van der Waals surface area contributed by atoms with E-state index >= 15 is 0 Å². The van der Waals surface area contributed by atoms with Crippen molar-refractivity contribution < 1.29 is 14.3 Å². The lowest BCUT2D eigenvalue weighted by Gasteiger charge is -2.11. The van der Waals surface area contributed by atoms with Crippen LogP contribution < -0.4 is 4.74 Å². The highest BCUT2D eigenvalue weighted by molar-refractivity contribution is 9.11. The monoisotopic (exact) mass is 553 g/mol. The van der Waals surface area contributed by atoms with Crippen LogP contribution in [-0.4, -0.2) is 18.5 Å². The van der Waals surface area contributed by atoms with Gasteiger partial charge in [-0.25, -0.2) is 9.79 Å². The van der Waals surface area contributed by atoms with Crippen LogP contribution in [0.5, 0.6) is 5.75 Å². The van der Waals surface area contributed by atoms with Crippen LogP contribution in [0.2, 0.25) is 0 Å². The Labute approximate surface area is 182 Å². The van der Waals surface area contributed by atoms with Crippen LogP contribution in [0, 0.1) is 0 Å². The van der Waals surface area contributed by atoms with Gasteiger partial charge in [0.1, 0.15) is 12.4 Å². The predicted molar refractivity (Wildman–Crippen MR) is 117 cm³/mol. The van der Waals surface area contributed by atoms with E-state index in [-0.39, 0.29) is 11.6 Å². The lowest BCUT2D eigenvalue weighted by Crippen LogP contribution is -2.05. The Morgan fingerprint density at radius 2 is 1.85 bits per heavy atom. The van der Waals surface area contributed by atoms with Gasteiger partial charge in [-0.3, -0.25) is 0 Å². The minimum atomic E-state index is -0.490. The van der Waals surface area contributed by atoms with Crippen molar-refractivity contribution in [1.29, 1.82) is 0 Å². The van der Waals surface area contributed by atoms with Gasteiger partial charge in [-0.1, -0.05) is 18.7 Å². The van der Waals surface area contributed by atoms with Crippen molar-refractivity contribution in [1.82, 2.24) is 0 Å². The Morgan fingerprint density at radius 3 is 2.48 bits per heavy atom. The molecule has 7 heteroatoms. The van der Waals surface area contributed by atoms with E-state index in [0.29, 0.717) is 12.4 Å². The van der Waals surface area contributed by atoms with Crippen LogP contribution in [0.25, 0.3) is 6.08 Å². The van der Waals surface area contributed by atoms with Gasteiger partial charge in [0.15, 0.2) is 5.70 Å². The van der Waals surface area contributed by atoms with Crippen LogP contribution in [0.1, 0.15) is 18.1 Å². The second-order valence-corrected chi connectivity index (χ2v) is 8.44. The second-order valence-electron chi connectivity index (χ2n) is 5.88. The number of cyclic esters (lactones) is 1. The fraction of sp³-hybridized carbons (Fsp3) is 0.100. The van der Waals surface area contributed by atoms with E-state index in [1.54, 1.807) is 6.08 Å². The van der Waals surface area contributed by atoms with E-state index in [4.69, 9.17) is 9.47 Å². The molecule has 0 unspecified atom stereocenters. The SMILES string of the molecule is C=C(C)COc1c(Br)cc(/C=C2\N=C(c3ccccc3Br)OC2=O)cc1Br. The summed E-state index contributed by atoms with van der Waals surface area (Å²) in [6, 6.07) is 11.1. The Hall–Kier alpha value is -1.70. The number of esters is 1. The number of aliphatic imine (C=N–C) groups is 1. The fourth-order valence-corrected chi connectivity index (χ4v) is 4.22. The Balaban J connectivity index is 1.91. The molecule has 3 rings (SSSR count). The molecule has 0 aromatic heterocycles. The fourth-order valence-electron chi connectivity index (χ4n) is 2.31. The molecule has 27 heavy (non-hydrogen) atoms. The first-order valence-electron chi connectivity index (χ1n) is 7.89. The van der Waals surface area contributed by atoms with Crippen molar-refractivity contribution in [2.75, 3.05) is 6.61 Å². The predicted octanol–water partition coefficient (Wildman–Crippen LogP) is 6.27. The summed E-state index contributed by atoms with van der Waals surface area (Å²) >= 11 is 10.4. The number of rotatable bonds is 5. The molecule has 0 saturated heterocycles. The summed E-state index contributed by atoms with van der Waals surface area (Å²) < 4.78 is 13.4. The van der Waals surface area contributed by atoms with Crippen LogP contribution in [0.4, 0.5) is 0 Å². The summed E-state index contributed by atoms with van der Waals surface area (Å²) in [5.41, 5.74) is 2.65. The number of carbonyl (C=O) groups is 1. The summed E-state index contributed by atoms with van der Waals surface area (Å²) in [5, 5.41) is 0. The average molecular weight is 556 g/mol. The largest absolute Gasteiger partial charge is 0.487 e. The van der Waals surface area contributed by atoms with E-state index in [2.05, 4.69) is 59.4 Å². The van der Waals surface area contributed by atoms with Crippen LogP contribution in [-0.2, 0) is 9.53 Å². The summed E-state index contributed by atoms with van der Waals surface area (Å²) in [4.78, 5) is 16.5. The number of hydrogen-bond donors (Lipinski definition) is 0. The van der Waals surface area contributed by atoms with Crippen molar-refractivity contribution in [3.05, 3.63) is 78.8 Å². The molecule has 0 fully saturated rings. The molecular weight excluding hydrogens is 542 g/mol. The van der Waals surface area contributed by atoms with Gasteiger partial charge >= 0.3 is 5.97 Å². The average Bonchev–Trinajstić information content (AvgIpc) is 2.94. The van der Waals surface area contributed by atoms with Gasteiger partial charge in [0.2, 0.25) is 5.90 Å². The maximum atomic E-state index is 12.2. The van der Waals surface area contributed by atoms with E-state index < -0.39 is 5.97 Å². The van der Waals surface area contributed by atoms with Crippen LogP contribution in [0.15, 0.2) is 72.7 Å². The number of benzene rings is 2. The molecule has 0 aliphatic carbocycles. The van der Waals surface area contributed by atoms with Gasteiger partial charge in [0.05, 0.1) is 14.5 Å². The molecule has 1 aliphatic rings. The van der Waals surface area contributed by atoms with Gasteiger partial charge in [-0.15, -0.1) is 0 Å². The van der Waals surface area contributed by atoms with Gasteiger partial charge in [-0.05, 0) is 96.2 Å². The van der Waals surface area contributed by atoms with E-state index in [1.165, 1.54) is 0 Å². The maximum absolute atomic E-state index is 12.2. The van der Waals surface area contributed by atoms with E-state index in [1.807, 2.05) is 43.3 Å². The maximum Gasteiger partial charge on any atom is 0.363 e. The van der Waals surface area contributed by atoms with Gasteiger partial charge in [0.25, 0.3) is 0 Å². The molecule has 0 amide bonds. The number of nitrogens with zero attached hydrogens (tertiary/aromatic N) is 1. The standard InChI is InChI=1S/C20H14Br3NO3/c1-11(2)10-26-18-15(22)7-12(8-16(18)23)9-17-20(25)27-19(24-17)13-5-3-4-6-14(13)21/h3-9H,1,10H2,2H3/b17-9-. The second kappa shape index (κ2) is 8.54. The van der Waals surface area contributed by atoms with Crippen molar-refractivity contribution in [2.24, 2.45) is 4.99 Å². The molecule has 138 valence electrons. The summed E-state index contributed by atoms with van der Waals surface area (Å²) in [6.07, 6.45) is 1.67. The molecule has 0 atom stereocenters. The molecule has 0 spiro atoms. The molecule has 1 aliphatic heterocycles. The molecule has 0 N–H and O–H groups in total. The third kappa shape index (κ3) is 4.78. The van der Waals surface area contributed by atoms with E-state index in [9.17, 15) is 4.79 Å². The smallest absolute Gasteiger partial charge is 0.363 e. The third-order valence-electron chi connectivity index (χ3n) is 3.51. The Bertz CT molecular complexity index is 973. The number of ether oxygens (including phenoxy) is 2. The minimum Gasteiger partial charge on any atom is -0.487 e. The lowest BCUT2D eigenvalue weighted by atomic mass is 10.2. The third-order valence-corrected chi connectivity index (χ3v) is 5.38. The quantitative estimate of drug-likeness (QED) is 0.248. The topological polar surface area (TPSA) is 47.9 Å². The molecule has 0 radical (unpaired) electrons. The first-order valence-corrected chi connectivity index (χ1v) is 10.3. The first-order chi connectivity index (χ1) is 12.8. The molecular formula is C20H14Br3NO3. The highest BCUT2D eigenvalue weighted by Gasteiger charge is 2.25. The number of halogens is 3. The summed E-state index contributed by atoms with van der Waals surface area (Å²) in [5.74, 6) is 0.459. The lowest BCUT2D eigenvalue weighted by molar-refractivity contribution is -0.129. The van der Waals surface area contributed by atoms with Crippen LogP contribution in [0.3, 0.4) is 0 Å². The number of hydrogen-bond acceptors (Lipinski definition) is 4. The van der Waals surface area contributed by atoms with Crippen molar-refractivity contribution >= 4 is 65.7 Å². The van der Waals surface area contributed by atoms with Crippen molar-refractivity contribution in [3.8, 4) is 5.75 Å². The highest BCUT2D eigenvalue weighted by atomic mass is 79.9. The van der Waals surface area contributed by atoms with E-state index in [0.717, 1.165) is 30.1 Å². The normalized spacial score (nSPS) is 14.9. The Kier molecular flexibility index (Phi) is 6.34. The van der Waals surface area contributed by atoms with Gasteiger partial charge in [0, 0.05) is 4.47 Å². The first kappa shape index (κ1) is 20.0.